The Bertz CT molecular complexity index is 658. The Morgan fingerprint density at radius 1 is 1.13 bits per heavy atom. The highest BCUT2D eigenvalue weighted by atomic mass is 16.5. The van der Waals surface area contributed by atoms with Crippen molar-refractivity contribution in [3.8, 4) is 5.75 Å². The number of nitrogens with zero attached hydrogens (tertiary/aromatic N) is 1. The monoisotopic (exact) mass is 434 g/mol. The van der Waals surface area contributed by atoms with E-state index in [0.717, 1.165) is 44.2 Å². The van der Waals surface area contributed by atoms with E-state index in [1.165, 1.54) is 12.8 Å². The fourth-order valence-electron chi connectivity index (χ4n) is 3.83. The Labute approximate surface area is 186 Å². The SMILES string of the molecule is CCCCCN(CCOc1ccc(CC(OCC)C(=O)O)cc1)C(=O)NC1CCCC1. The molecule has 1 saturated carbocycles. The van der Waals surface area contributed by atoms with Crippen LogP contribution in [0.3, 0.4) is 0 Å². The molecule has 2 rings (SSSR count). The molecular weight excluding hydrogens is 396 g/mol. The molecular formula is C24H38N2O5. The van der Waals surface area contributed by atoms with Gasteiger partial charge in [-0.2, -0.15) is 0 Å². The van der Waals surface area contributed by atoms with Crippen LogP contribution in [-0.4, -0.2) is 60.5 Å². The molecule has 1 aromatic rings. The van der Waals surface area contributed by atoms with Gasteiger partial charge in [-0.05, 0) is 43.9 Å². The molecule has 174 valence electrons. The minimum atomic E-state index is -0.957. The molecule has 31 heavy (non-hydrogen) atoms. The fraction of sp³-hybridized carbons (Fsp3) is 0.667. The molecule has 7 heteroatoms. The summed E-state index contributed by atoms with van der Waals surface area (Å²) < 4.78 is 11.1. The van der Waals surface area contributed by atoms with Crippen LogP contribution in [0.15, 0.2) is 24.3 Å². The first-order valence-electron chi connectivity index (χ1n) is 11.6. The normalized spacial score (nSPS) is 14.9. The van der Waals surface area contributed by atoms with Crippen molar-refractivity contribution in [2.75, 3.05) is 26.3 Å². The predicted octanol–water partition coefficient (Wildman–Crippen LogP) is 4.24. The highest BCUT2D eigenvalue weighted by Crippen LogP contribution is 2.18. The molecule has 2 amide bonds. The molecule has 1 unspecified atom stereocenters. The molecule has 0 heterocycles. The van der Waals surface area contributed by atoms with Gasteiger partial charge < -0.3 is 24.8 Å². The average molecular weight is 435 g/mol. The summed E-state index contributed by atoms with van der Waals surface area (Å²) in [7, 11) is 0. The van der Waals surface area contributed by atoms with Crippen LogP contribution < -0.4 is 10.1 Å². The molecule has 1 fully saturated rings. The first-order valence-corrected chi connectivity index (χ1v) is 11.6. The lowest BCUT2D eigenvalue weighted by Gasteiger charge is -2.25. The van der Waals surface area contributed by atoms with E-state index >= 15 is 0 Å². The number of rotatable bonds is 14. The van der Waals surface area contributed by atoms with Gasteiger partial charge in [-0.3, -0.25) is 0 Å². The van der Waals surface area contributed by atoms with E-state index in [9.17, 15) is 14.7 Å². The molecule has 7 nitrogen and oxygen atoms in total. The summed E-state index contributed by atoms with van der Waals surface area (Å²) in [5.41, 5.74) is 0.880. The van der Waals surface area contributed by atoms with Crippen LogP contribution in [0, 0.1) is 0 Å². The summed E-state index contributed by atoms with van der Waals surface area (Å²) in [5, 5.41) is 12.4. The van der Waals surface area contributed by atoms with Crippen molar-refractivity contribution in [1.29, 1.82) is 0 Å². The van der Waals surface area contributed by atoms with Crippen molar-refractivity contribution < 1.29 is 24.2 Å². The Kier molecular flexibility index (Phi) is 11.2. The third-order valence-corrected chi connectivity index (χ3v) is 5.62. The molecule has 0 aliphatic heterocycles. The van der Waals surface area contributed by atoms with E-state index in [1.54, 1.807) is 6.92 Å². The van der Waals surface area contributed by atoms with Crippen LogP contribution in [0.2, 0.25) is 0 Å². The quantitative estimate of drug-likeness (QED) is 0.428. The number of urea groups is 1. The Hall–Kier alpha value is -2.28. The van der Waals surface area contributed by atoms with Gasteiger partial charge in [-0.1, -0.05) is 44.7 Å². The predicted molar refractivity (Wildman–Crippen MR) is 121 cm³/mol. The largest absolute Gasteiger partial charge is 0.492 e. The second-order valence-electron chi connectivity index (χ2n) is 8.10. The number of amides is 2. The lowest BCUT2D eigenvalue weighted by Crippen LogP contribution is -2.45. The molecule has 0 bridgehead atoms. The first kappa shape index (κ1) is 25.0. The molecule has 0 spiro atoms. The number of ether oxygens (including phenoxy) is 2. The van der Waals surface area contributed by atoms with Crippen molar-refractivity contribution in [2.24, 2.45) is 0 Å². The van der Waals surface area contributed by atoms with Gasteiger partial charge in [0.1, 0.15) is 12.4 Å². The van der Waals surface area contributed by atoms with Crippen LogP contribution in [-0.2, 0) is 16.0 Å². The Balaban J connectivity index is 1.82. The second-order valence-corrected chi connectivity index (χ2v) is 8.10. The summed E-state index contributed by atoms with van der Waals surface area (Å²) in [6, 6.07) is 7.70. The minimum absolute atomic E-state index is 0.0117. The molecule has 1 aliphatic carbocycles. The van der Waals surface area contributed by atoms with Crippen molar-refractivity contribution in [2.45, 2.75) is 77.4 Å². The smallest absolute Gasteiger partial charge is 0.333 e. The van der Waals surface area contributed by atoms with Gasteiger partial charge in [0.15, 0.2) is 6.10 Å². The topological polar surface area (TPSA) is 88.1 Å². The van der Waals surface area contributed by atoms with Gasteiger partial charge in [0, 0.05) is 25.6 Å². The number of carboxylic acid groups (broad SMARTS) is 1. The molecule has 0 radical (unpaired) electrons. The number of nitrogens with one attached hydrogen (secondary N) is 1. The molecule has 2 N–H and O–H groups in total. The van der Waals surface area contributed by atoms with Crippen LogP contribution in [0.4, 0.5) is 4.79 Å². The van der Waals surface area contributed by atoms with Gasteiger partial charge >= 0.3 is 12.0 Å². The summed E-state index contributed by atoms with van der Waals surface area (Å²) in [6.07, 6.45) is 7.22. The summed E-state index contributed by atoms with van der Waals surface area (Å²) in [4.78, 5) is 25.8. The van der Waals surface area contributed by atoms with E-state index in [1.807, 2.05) is 29.2 Å². The summed E-state index contributed by atoms with van der Waals surface area (Å²) in [5.74, 6) is -0.252. The third-order valence-electron chi connectivity index (χ3n) is 5.62. The van der Waals surface area contributed by atoms with Gasteiger partial charge in [0.05, 0.1) is 6.54 Å². The maximum atomic E-state index is 12.7. The van der Waals surface area contributed by atoms with E-state index < -0.39 is 12.1 Å². The second kappa shape index (κ2) is 13.9. The molecule has 0 saturated heterocycles. The van der Waals surface area contributed by atoms with Gasteiger partial charge in [-0.25, -0.2) is 9.59 Å². The molecule has 1 atom stereocenters. The lowest BCUT2D eigenvalue weighted by molar-refractivity contribution is -0.149. The Morgan fingerprint density at radius 2 is 1.84 bits per heavy atom. The van der Waals surface area contributed by atoms with Gasteiger partial charge in [-0.15, -0.1) is 0 Å². The van der Waals surface area contributed by atoms with Crippen molar-refractivity contribution in [1.82, 2.24) is 10.2 Å². The maximum absolute atomic E-state index is 12.7. The minimum Gasteiger partial charge on any atom is -0.492 e. The number of carbonyl (C=O) groups excluding carboxylic acids is 1. The standard InChI is InChI=1S/C24H38N2O5/c1-3-5-8-15-26(24(29)25-20-9-6-7-10-20)16-17-31-21-13-11-19(12-14-21)18-22(23(27)28)30-4-2/h11-14,20,22H,3-10,15-18H2,1-2H3,(H,25,29)(H,27,28). The zero-order chi connectivity index (χ0) is 22.5. The molecule has 0 aromatic heterocycles. The number of aliphatic carboxylic acids is 1. The average Bonchev–Trinajstić information content (AvgIpc) is 3.26. The third kappa shape index (κ3) is 9.17. The van der Waals surface area contributed by atoms with E-state index in [0.29, 0.717) is 38.0 Å². The number of benzene rings is 1. The summed E-state index contributed by atoms with van der Waals surface area (Å²) >= 11 is 0. The highest BCUT2D eigenvalue weighted by Gasteiger charge is 2.21. The lowest BCUT2D eigenvalue weighted by atomic mass is 10.1. The first-order chi connectivity index (χ1) is 15.0. The number of hydrogen-bond acceptors (Lipinski definition) is 4. The number of hydrogen-bond donors (Lipinski definition) is 2. The van der Waals surface area contributed by atoms with E-state index in [-0.39, 0.29) is 6.03 Å². The highest BCUT2D eigenvalue weighted by molar-refractivity contribution is 5.74. The van der Waals surface area contributed by atoms with Crippen molar-refractivity contribution in [3.63, 3.8) is 0 Å². The maximum Gasteiger partial charge on any atom is 0.333 e. The van der Waals surface area contributed by atoms with Crippen molar-refractivity contribution in [3.05, 3.63) is 29.8 Å². The van der Waals surface area contributed by atoms with Crippen LogP contribution in [0.1, 0.15) is 64.4 Å². The number of carboxylic acids is 1. The van der Waals surface area contributed by atoms with Crippen LogP contribution >= 0.6 is 0 Å². The van der Waals surface area contributed by atoms with E-state index in [4.69, 9.17) is 9.47 Å². The zero-order valence-corrected chi connectivity index (χ0v) is 19.0. The van der Waals surface area contributed by atoms with E-state index in [2.05, 4.69) is 12.2 Å². The van der Waals surface area contributed by atoms with Gasteiger partial charge in [0.2, 0.25) is 0 Å². The van der Waals surface area contributed by atoms with Crippen molar-refractivity contribution >= 4 is 12.0 Å². The Morgan fingerprint density at radius 3 is 2.45 bits per heavy atom. The number of carbonyl (C=O) groups is 2. The molecule has 1 aliphatic rings. The van der Waals surface area contributed by atoms with Crippen LogP contribution in [0.25, 0.3) is 0 Å². The van der Waals surface area contributed by atoms with Crippen LogP contribution in [0.5, 0.6) is 5.75 Å². The number of unbranched alkanes of at least 4 members (excludes halogenated alkanes) is 2. The molecule has 1 aromatic carbocycles. The summed E-state index contributed by atoms with van der Waals surface area (Å²) in [6.45, 7) is 5.99. The zero-order valence-electron chi connectivity index (χ0n) is 19.0. The fourth-order valence-corrected chi connectivity index (χ4v) is 3.83. The van der Waals surface area contributed by atoms with Gasteiger partial charge in [0.25, 0.3) is 0 Å².